The van der Waals surface area contributed by atoms with Crippen molar-refractivity contribution in [2.75, 3.05) is 5.32 Å². The molecule has 0 radical (unpaired) electrons. The summed E-state index contributed by atoms with van der Waals surface area (Å²) in [5, 5.41) is 12.3. The molecule has 0 saturated heterocycles. The lowest BCUT2D eigenvalue weighted by Crippen LogP contribution is -2.44. The lowest BCUT2D eigenvalue weighted by molar-refractivity contribution is -0.117. The van der Waals surface area contributed by atoms with Crippen LogP contribution in [-0.4, -0.2) is 11.0 Å². The third-order valence-electron chi connectivity index (χ3n) is 3.22. The normalized spacial score (nSPS) is 13.2. The topological polar surface area (TPSA) is 77.0 Å². The molecule has 0 aromatic heterocycles. The summed E-state index contributed by atoms with van der Waals surface area (Å²) in [6.45, 7) is 0. The lowest BCUT2D eigenvalue weighted by Gasteiger charge is -2.11. The van der Waals surface area contributed by atoms with Crippen LogP contribution in [0.2, 0.25) is 0 Å². The summed E-state index contributed by atoms with van der Waals surface area (Å²) in [6.07, 6.45) is 3.72. The largest absolute Gasteiger partial charge is 0.331 e. The number of nitrogens with one attached hydrogen (secondary N) is 3. The van der Waals surface area contributed by atoms with Gasteiger partial charge in [0.1, 0.15) is 11.6 Å². The van der Waals surface area contributed by atoms with Crippen LogP contribution < -0.4 is 16.2 Å². The molecule has 1 amide bonds. The molecule has 5 nitrogen and oxygen atoms in total. The molecular formula is C15H16N4OS. The van der Waals surface area contributed by atoms with Crippen molar-refractivity contribution in [2.45, 2.75) is 25.7 Å². The molecule has 21 heavy (non-hydrogen) atoms. The third-order valence-corrected chi connectivity index (χ3v) is 3.42. The van der Waals surface area contributed by atoms with Gasteiger partial charge in [-0.3, -0.25) is 15.6 Å². The second-order valence-electron chi connectivity index (χ2n) is 4.70. The molecule has 6 heteroatoms. The Morgan fingerprint density at radius 3 is 2.43 bits per heavy atom. The molecule has 0 bridgehead atoms. The Labute approximate surface area is 129 Å². The highest BCUT2D eigenvalue weighted by atomic mass is 32.1. The number of nitrogens with zero attached hydrogens (tertiary/aromatic N) is 1. The van der Waals surface area contributed by atoms with Gasteiger partial charge in [-0.2, -0.15) is 5.26 Å². The number of rotatable bonds is 2. The van der Waals surface area contributed by atoms with Crippen LogP contribution in [0.25, 0.3) is 0 Å². The number of benzene rings is 1. The predicted octanol–water partition coefficient (Wildman–Crippen LogP) is 2.40. The Morgan fingerprint density at radius 1 is 1.14 bits per heavy atom. The Morgan fingerprint density at radius 2 is 1.81 bits per heavy atom. The van der Waals surface area contributed by atoms with Gasteiger partial charge in [0.15, 0.2) is 5.11 Å². The van der Waals surface area contributed by atoms with Gasteiger partial charge >= 0.3 is 0 Å². The van der Waals surface area contributed by atoms with E-state index in [0.29, 0.717) is 0 Å². The quantitative estimate of drug-likeness (QED) is 0.338. The van der Waals surface area contributed by atoms with Crippen LogP contribution in [0.1, 0.15) is 25.7 Å². The molecule has 0 spiro atoms. The van der Waals surface area contributed by atoms with Gasteiger partial charge in [0.25, 0.3) is 5.91 Å². The van der Waals surface area contributed by atoms with Crippen LogP contribution in [0.5, 0.6) is 0 Å². The smallest absolute Gasteiger partial charge is 0.280 e. The van der Waals surface area contributed by atoms with Gasteiger partial charge in [-0.1, -0.05) is 18.2 Å². The van der Waals surface area contributed by atoms with Crippen molar-refractivity contribution in [3.8, 4) is 6.07 Å². The summed E-state index contributed by atoms with van der Waals surface area (Å²) in [6, 6.07) is 11.4. The maximum absolute atomic E-state index is 12.0. The zero-order valence-electron chi connectivity index (χ0n) is 11.5. The Bertz CT molecular complexity index is 596. The first-order chi connectivity index (χ1) is 10.2. The first-order valence-electron chi connectivity index (χ1n) is 6.75. The molecule has 1 aromatic carbocycles. The molecule has 0 atom stereocenters. The van der Waals surface area contributed by atoms with E-state index in [-0.39, 0.29) is 10.7 Å². The van der Waals surface area contributed by atoms with Crippen molar-refractivity contribution in [3.05, 3.63) is 41.5 Å². The standard InChI is InChI=1S/C15H16N4OS/c16-10-13(11-6-4-5-7-11)14(20)18-19-15(21)17-12-8-2-1-3-9-12/h1-3,8-9H,4-7H2,(H,18,20)(H2,17,19,21). The second kappa shape index (κ2) is 7.41. The molecule has 108 valence electrons. The molecular weight excluding hydrogens is 284 g/mol. The number of para-hydroxylation sites is 1. The third kappa shape index (κ3) is 4.29. The molecule has 0 heterocycles. The summed E-state index contributed by atoms with van der Waals surface area (Å²) in [5.74, 6) is -0.438. The van der Waals surface area contributed by atoms with E-state index in [2.05, 4.69) is 16.2 Å². The maximum atomic E-state index is 12.0. The van der Waals surface area contributed by atoms with Gasteiger partial charge < -0.3 is 5.32 Å². The summed E-state index contributed by atoms with van der Waals surface area (Å²) in [5.41, 5.74) is 7.01. The Hall–Kier alpha value is -2.39. The van der Waals surface area contributed by atoms with Crippen LogP contribution in [0.4, 0.5) is 5.69 Å². The highest BCUT2D eigenvalue weighted by Gasteiger charge is 2.18. The fourth-order valence-electron chi connectivity index (χ4n) is 2.20. The summed E-state index contributed by atoms with van der Waals surface area (Å²) in [4.78, 5) is 12.0. The predicted molar refractivity (Wildman–Crippen MR) is 85.0 cm³/mol. The van der Waals surface area contributed by atoms with Crippen molar-refractivity contribution in [1.82, 2.24) is 10.9 Å². The number of allylic oxidation sites excluding steroid dienone is 1. The molecule has 0 unspecified atom stereocenters. The number of hydrogen-bond donors (Lipinski definition) is 3. The summed E-state index contributed by atoms with van der Waals surface area (Å²) in [7, 11) is 0. The van der Waals surface area contributed by atoms with Gasteiger partial charge in [-0.05, 0) is 55.6 Å². The SMILES string of the molecule is N#CC(C(=O)NNC(=S)Nc1ccccc1)=C1CCCC1. The molecule has 1 aliphatic carbocycles. The first-order valence-corrected chi connectivity index (χ1v) is 7.16. The number of anilines is 1. The highest BCUT2D eigenvalue weighted by Crippen LogP contribution is 2.26. The number of hydrazine groups is 1. The summed E-state index contributed by atoms with van der Waals surface area (Å²) < 4.78 is 0. The van der Waals surface area contributed by atoms with E-state index in [1.54, 1.807) is 0 Å². The number of nitriles is 1. The van der Waals surface area contributed by atoms with E-state index in [1.807, 2.05) is 36.4 Å². The second-order valence-corrected chi connectivity index (χ2v) is 5.10. The molecule has 1 fully saturated rings. The number of carbonyl (C=O) groups is 1. The molecule has 3 N–H and O–H groups in total. The number of hydrogen-bond acceptors (Lipinski definition) is 3. The van der Waals surface area contributed by atoms with Crippen molar-refractivity contribution in [2.24, 2.45) is 0 Å². The van der Waals surface area contributed by atoms with Crippen LogP contribution in [-0.2, 0) is 4.79 Å². The minimum absolute atomic E-state index is 0.197. The average molecular weight is 300 g/mol. The average Bonchev–Trinajstić information content (AvgIpc) is 3.01. The first kappa shape index (κ1) is 15.0. The number of carbonyl (C=O) groups excluding carboxylic acids is 1. The van der Waals surface area contributed by atoms with Crippen LogP contribution in [0.3, 0.4) is 0 Å². The van der Waals surface area contributed by atoms with Gasteiger partial charge in [-0.25, -0.2) is 0 Å². The van der Waals surface area contributed by atoms with Crippen molar-refractivity contribution in [3.63, 3.8) is 0 Å². The molecule has 1 aromatic rings. The van der Waals surface area contributed by atoms with Crippen molar-refractivity contribution < 1.29 is 4.79 Å². The van der Waals surface area contributed by atoms with Crippen LogP contribution in [0.15, 0.2) is 41.5 Å². The van der Waals surface area contributed by atoms with Gasteiger partial charge in [0.2, 0.25) is 0 Å². The van der Waals surface area contributed by atoms with E-state index >= 15 is 0 Å². The van der Waals surface area contributed by atoms with Gasteiger partial charge in [-0.15, -0.1) is 0 Å². The summed E-state index contributed by atoms with van der Waals surface area (Å²) >= 11 is 5.08. The minimum Gasteiger partial charge on any atom is -0.331 e. The zero-order chi connectivity index (χ0) is 15.1. The van der Waals surface area contributed by atoms with Crippen molar-refractivity contribution >= 4 is 28.9 Å². The highest BCUT2D eigenvalue weighted by molar-refractivity contribution is 7.80. The monoisotopic (exact) mass is 300 g/mol. The Kier molecular flexibility index (Phi) is 5.29. The van der Waals surface area contributed by atoms with Gasteiger partial charge in [0, 0.05) is 5.69 Å². The van der Waals surface area contributed by atoms with E-state index in [1.165, 1.54) is 0 Å². The fourth-order valence-corrected chi connectivity index (χ4v) is 2.37. The lowest BCUT2D eigenvalue weighted by atomic mass is 10.1. The van der Waals surface area contributed by atoms with Crippen molar-refractivity contribution in [1.29, 1.82) is 5.26 Å². The zero-order valence-corrected chi connectivity index (χ0v) is 12.3. The number of amides is 1. The molecule has 1 aliphatic rings. The van der Waals surface area contributed by atoms with Crippen LogP contribution in [0, 0.1) is 11.3 Å². The molecule has 2 rings (SSSR count). The molecule has 1 saturated carbocycles. The van der Waals surface area contributed by atoms with E-state index in [0.717, 1.165) is 36.9 Å². The molecule has 0 aliphatic heterocycles. The minimum atomic E-state index is -0.438. The maximum Gasteiger partial charge on any atom is 0.280 e. The number of thiocarbonyl (C=S) groups is 1. The van der Waals surface area contributed by atoms with E-state index in [4.69, 9.17) is 17.5 Å². The van der Waals surface area contributed by atoms with E-state index in [9.17, 15) is 4.79 Å². The fraction of sp³-hybridized carbons (Fsp3) is 0.267. The Balaban J connectivity index is 1.87. The van der Waals surface area contributed by atoms with Crippen LogP contribution >= 0.6 is 12.2 Å². The van der Waals surface area contributed by atoms with Gasteiger partial charge in [0.05, 0.1) is 0 Å². The van der Waals surface area contributed by atoms with E-state index < -0.39 is 5.91 Å².